The summed E-state index contributed by atoms with van der Waals surface area (Å²) in [4.78, 5) is 82.6. The maximum atomic E-state index is 13.4. The second kappa shape index (κ2) is 10.4. The van der Waals surface area contributed by atoms with Crippen molar-refractivity contribution in [1.82, 2.24) is 5.32 Å². The van der Waals surface area contributed by atoms with Gasteiger partial charge in [-0.05, 0) is 24.1 Å². The Hall–Kier alpha value is -4.19. The molecule has 0 bridgehead atoms. The molecule has 12 nitrogen and oxygen atoms in total. The topological polar surface area (TPSA) is 178 Å². The number of rotatable bonds is 5. The number of fused-ring (bicyclic) bond motifs is 1. The van der Waals surface area contributed by atoms with Crippen LogP contribution in [0.3, 0.4) is 0 Å². The molecule has 2 aliphatic carbocycles. The summed E-state index contributed by atoms with van der Waals surface area (Å²) in [6, 6.07) is 4.67. The normalized spacial score (nSPS) is 28.5. The molecule has 4 rings (SSSR count). The van der Waals surface area contributed by atoms with Gasteiger partial charge in [-0.3, -0.25) is 29.0 Å². The summed E-state index contributed by atoms with van der Waals surface area (Å²) in [6.07, 6.45) is 0.354. The zero-order valence-electron chi connectivity index (χ0n) is 19.2. The molecule has 1 amide bonds. The summed E-state index contributed by atoms with van der Waals surface area (Å²) in [5.74, 6) is -6.21. The van der Waals surface area contributed by atoms with Crippen molar-refractivity contribution in [3.8, 4) is 0 Å². The van der Waals surface area contributed by atoms with Crippen LogP contribution in [0.2, 0.25) is 0 Å². The summed E-state index contributed by atoms with van der Waals surface area (Å²) in [5, 5.41) is 10.5. The predicted octanol–water partition coefficient (Wildman–Crippen LogP) is 0.822. The number of alkyl halides is 1. The van der Waals surface area contributed by atoms with Gasteiger partial charge in [-0.1, -0.05) is 30.3 Å². The summed E-state index contributed by atoms with van der Waals surface area (Å²) in [5.41, 5.74) is -0.156. The van der Waals surface area contributed by atoms with Gasteiger partial charge in [0.25, 0.3) is 0 Å². The van der Waals surface area contributed by atoms with Crippen LogP contribution < -0.4 is 5.32 Å². The molecule has 37 heavy (non-hydrogen) atoms. The van der Waals surface area contributed by atoms with Crippen molar-refractivity contribution < 1.29 is 43.3 Å². The van der Waals surface area contributed by atoms with Gasteiger partial charge in [0.05, 0.1) is 13.2 Å². The monoisotopic (exact) mass is 529 g/mol. The van der Waals surface area contributed by atoms with E-state index in [9.17, 15) is 28.8 Å². The Morgan fingerprint density at radius 2 is 1.86 bits per heavy atom. The predicted molar refractivity (Wildman–Crippen MR) is 126 cm³/mol. The van der Waals surface area contributed by atoms with Gasteiger partial charge < -0.3 is 19.9 Å². The maximum Gasteiger partial charge on any atom is 0.512 e. The van der Waals surface area contributed by atoms with Crippen molar-refractivity contribution in [3.05, 3.63) is 48.0 Å². The number of hydrogen-bond acceptors (Lipinski definition) is 10. The lowest BCUT2D eigenvalue weighted by molar-refractivity contribution is -0.146. The number of ketones is 3. The Morgan fingerprint density at radius 1 is 1.16 bits per heavy atom. The molecule has 0 saturated heterocycles. The molecule has 1 heterocycles. The number of carboxylic acid groups (broad SMARTS) is 1. The SMILES string of the molecule is COC(=O)C1C(=O)C=CC(=O)C1=NC(C(=O)NC1C(=O)C2CC(Cl)C(OC(=O)O)=NC21)c1ccccc1. The molecule has 6 atom stereocenters. The van der Waals surface area contributed by atoms with Crippen LogP contribution in [-0.4, -0.2) is 76.7 Å². The first-order chi connectivity index (χ1) is 17.6. The number of nitrogens with zero attached hydrogens (tertiary/aromatic N) is 2. The number of nitrogens with one attached hydrogen (secondary N) is 1. The summed E-state index contributed by atoms with van der Waals surface area (Å²) in [7, 11) is 1.05. The Bertz CT molecular complexity index is 1270. The van der Waals surface area contributed by atoms with Crippen molar-refractivity contribution in [2.45, 2.75) is 29.9 Å². The van der Waals surface area contributed by atoms with E-state index in [1.54, 1.807) is 30.3 Å². The lowest BCUT2D eigenvalue weighted by Gasteiger charge is -2.44. The number of amides is 1. The molecule has 2 N–H and O–H groups in total. The fraction of sp³-hybridized carbons (Fsp3) is 0.333. The van der Waals surface area contributed by atoms with Crippen LogP contribution in [0.25, 0.3) is 0 Å². The lowest BCUT2D eigenvalue weighted by atomic mass is 9.69. The molecule has 0 radical (unpaired) electrons. The molecule has 192 valence electrons. The summed E-state index contributed by atoms with van der Waals surface area (Å²) >= 11 is 6.08. The van der Waals surface area contributed by atoms with Crippen LogP contribution in [-0.2, 0) is 33.4 Å². The molecule has 1 aliphatic heterocycles. The van der Waals surface area contributed by atoms with Gasteiger partial charge in [0.2, 0.25) is 17.6 Å². The van der Waals surface area contributed by atoms with Gasteiger partial charge in [-0.15, -0.1) is 11.6 Å². The molecular weight excluding hydrogens is 510 g/mol. The first kappa shape index (κ1) is 25.9. The van der Waals surface area contributed by atoms with Gasteiger partial charge in [0.1, 0.15) is 17.1 Å². The first-order valence-corrected chi connectivity index (χ1v) is 11.5. The highest BCUT2D eigenvalue weighted by Crippen LogP contribution is 2.37. The molecule has 0 aromatic heterocycles. The third-order valence-electron chi connectivity index (χ3n) is 6.20. The number of ether oxygens (including phenoxy) is 2. The second-order valence-corrected chi connectivity index (χ2v) is 8.93. The Balaban J connectivity index is 1.66. The largest absolute Gasteiger partial charge is 0.512 e. The van der Waals surface area contributed by atoms with E-state index in [-0.39, 0.29) is 18.1 Å². The zero-order valence-corrected chi connectivity index (χ0v) is 20.0. The highest BCUT2D eigenvalue weighted by molar-refractivity contribution is 6.54. The number of aliphatic imine (C=N–C) groups is 2. The number of benzene rings is 1. The number of Topliss-reactive ketones (excluding diaryl/α,β-unsaturated/α-hetero) is 1. The molecule has 0 spiro atoms. The highest BCUT2D eigenvalue weighted by Gasteiger charge is 2.54. The van der Waals surface area contributed by atoms with Crippen LogP contribution in [0.4, 0.5) is 4.79 Å². The zero-order chi connectivity index (χ0) is 26.9. The number of carbonyl (C=O) groups is 6. The maximum absolute atomic E-state index is 13.4. The molecule has 6 unspecified atom stereocenters. The number of carbonyl (C=O) groups excluding carboxylic acids is 5. The fourth-order valence-corrected chi connectivity index (χ4v) is 4.67. The van der Waals surface area contributed by atoms with Crippen LogP contribution >= 0.6 is 11.6 Å². The molecular formula is C24H20ClN3O9. The van der Waals surface area contributed by atoms with E-state index in [1.165, 1.54) is 0 Å². The van der Waals surface area contributed by atoms with Crippen LogP contribution in [0.5, 0.6) is 0 Å². The van der Waals surface area contributed by atoms with Crippen molar-refractivity contribution in [1.29, 1.82) is 0 Å². The minimum Gasteiger partial charge on any atom is -0.468 e. The average molecular weight is 530 g/mol. The van der Waals surface area contributed by atoms with Gasteiger partial charge >= 0.3 is 12.1 Å². The Morgan fingerprint density at radius 3 is 2.51 bits per heavy atom. The van der Waals surface area contributed by atoms with Crippen LogP contribution in [0.15, 0.2) is 52.5 Å². The number of allylic oxidation sites excluding steroid dienone is 2. The van der Waals surface area contributed by atoms with E-state index in [0.717, 1.165) is 19.3 Å². The van der Waals surface area contributed by atoms with Crippen molar-refractivity contribution >= 4 is 58.6 Å². The van der Waals surface area contributed by atoms with Crippen LogP contribution in [0.1, 0.15) is 18.0 Å². The molecule has 3 aliphatic rings. The number of hydrogen-bond donors (Lipinski definition) is 2. The number of methoxy groups -OCH3 is 1. The summed E-state index contributed by atoms with van der Waals surface area (Å²) in [6.45, 7) is 0. The van der Waals surface area contributed by atoms with Gasteiger partial charge in [-0.2, -0.15) is 0 Å². The molecule has 13 heteroatoms. The molecule has 1 saturated carbocycles. The number of halogens is 1. The average Bonchev–Trinajstić information content (AvgIpc) is 2.88. The summed E-state index contributed by atoms with van der Waals surface area (Å²) < 4.78 is 9.24. The Kier molecular flexibility index (Phi) is 7.30. The standard InChI is InChI=1S/C24H20ClN3O9/c1-36-23(33)15-13(29)7-8-14(30)18(15)26-16(10-5-3-2-4-6-10)21(32)27-19-17-11(20(19)31)9-12(25)22(28-17)37-24(34)35/h2-8,11-12,15-17,19H,9H2,1H3,(H,27,32)(H,34,35). The van der Waals surface area contributed by atoms with Gasteiger partial charge in [0.15, 0.2) is 23.5 Å². The van der Waals surface area contributed by atoms with Gasteiger partial charge in [0, 0.05) is 5.92 Å². The van der Waals surface area contributed by atoms with Crippen molar-refractivity contribution in [2.75, 3.05) is 7.11 Å². The minimum absolute atomic E-state index is 0.0811. The minimum atomic E-state index is -1.64. The van der Waals surface area contributed by atoms with E-state index in [0.29, 0.717) is 5.56 Å². The number of esters is 1. The highest BCUT2D eigenvalue weighted by atomic mass is 35.5. The molecule has 1 aromatic carbocycles. The van der Waals surface area contributed by atoms with E-state index in [1.807, 2.05) is 0 Å². The van der Waals surface area contributed by atoms with E-state index < -0.39 is 70.6 Å². The second-order valence-electron chi connectivity index (χ2n) is 8.41. The van der Waals surface area contributed by atoms with Gasteiger partial charge in [-0.25, -0.2) is 9.79 Å². The van der Waals surface area contributed by atoms with Crippen molar-refractivity contribution in [2.24, 2.45) is 21.8 Å². The third kappa shape index (κ3) is 5.05. The smallest absolute Gasteiger partial charge is 0.468 e. The van der Waals surface area contributed by atoms with E-state index >= 15 is 0 Å². The van der Waals surface area contributed by atoms with E-state index in [2.05, 4.69) is 24.8 Å². The first-order valence-electron chi connectivity index (χ1n) is 11.1. The van der Waals surface area contributed by atoms with Crippen LogP contribution in [0, 0.1) is 11.8 Å². The van der Waals surface area contributed by atoms with Crippen molar-refractivity contribution in [3.63, 3.8) is 0 Å². The lowest BCUT2D eigenvalue weighted by Crippen LogP contribution is -2.66. The quantitative estimate of drug-likeness (QED) is 0.317. The van der Waals surface area contributed by atoms with E-state index in [4.69, 9.17) is 16.7 Å². The Labute approximate surface area is 214 Å². The molecule has 1 aromatic rings. The molecule has 1 fully saturated rings. The third-order valence-corrected chi connectivity index (χ3v) is 6.56. The fourth-order valence-electron chi connectivity index (χ4n) is 4.38.